The maximum atomic E-state index is 12.1. The number of rotatable bonds is 4. The lowest BCUT2D eigenvalue weighted by molar-refractivity contribution is -0.00754. The summed E-state index contributed by atoms with van der Waals surface area (Å²) >= 11 is 5.93. The molecule has 1 aromatic carbocycles. The zero-order chi connectivity index (χ0) is 13.1. The van der Waals surface area contributed by atoms with Crippen molar-refractivity contribution in [2.24, 2.45) is 0 Å². The summed E-state index contributed by atoms with van der Waals surface area (Å²) in [5, 5.41) is 13.1. The molecule has 0 spiro atoms. The number of aliphatic hydroxyl groups excluding tert-OH is 1. The van der Waals surface area contributed by atoms with Gasteiger partial charge in [-0.05, 0) is 12.1 Å². The molecule has 0 saturated heterocycles. The Kier molecular flexibility index (Phi) is 3.88. The molecule has 2 rings (SSSR count). The molecule has 1 N–H and O–H groups in total. The van der Waals surface area contributed by atoms with Gasteiger partial charge in [-0.1, -0.05) is 28.9 Å². The first-order valence-electron chi connectivity index (χ1n) is 5.11. The largest absolute Gasteiger partial charge is 0.387 e. The van der Waals surface area contributed by atoms with Gasteiger partial charge in [-0.25, -0.2) is 8.78 Å². The first kappa shape index (κ1) is 12.9. The summed E-state index contributed by atoms with van der Waals surface area (Å²) < 4.78 is 29.1. The van der Waals surface area contributed by atoms with Gasteiger partial charge >= 0.3 is 0 Å². The van der Waals surface area contributed by atoms with Gasteiger partial charge < -0.3 is 9.63 Å². The fraction of sp³-hybridized carbons (Fsp3) is 0.273. The summed E-state index contributed by atoms with van der Waals surface area (Å²) in [5.41, 5.74) is 0.542. The maximum absolute atomic E-state index is 12.1. The molecule has 0 bridgehead atoms. The van der Waals surface area contributed by atoms with Crippen LogP contribution in [0.1, 0.15) is 5.89 Å². The molecule has 0 fully saturated rings. The average molecular weight is 275 g/mol. The summed E-state index contributed by atoms with van der Waals surface area (Å²) in [7, 11) is 0. The fourth-order valence-electron chi connectivity index (χ4n) is 1.36. The van der Waals surface area contributed by atoms with Crippen molar-refractivity contribution in [3.05, 3.63) is 35.2 Å². The Morgan fingerprint density at radius 2 is 2.06 bits per heavy atom. The third-order valence-electron chi connectivity index (χ3n) is 2.26. The lowest BCUT2D eigenvalue weighted by atomic mass is 10.2. The van der Waals surface area contributed by atoms with Gasteiger partial charge in [0.15, 0.2) is 0 Å². The zero-order valence-corrected chi connectivity index (χ0v) is 9.81. The van der Waals surface area contributed by atoms with E-state index in [-0.39, 0.29) is 11.7 Å². The van der Waals surface area contributed by atoms with Crippen molar-refractivity contribution in [3.8, 4) is 11.4 Å². The van der Waals surface area contributed by atoms with Crippen LogP contribution in [0.15, 0.2) is 28.8 Å². The van der Waals surface area contributed by atoms with Crippen LogP contribution >= 0.6 is 11.6 Å². The lowest BCUT2D eigenvalue weighted by Gasteiger charge is -2.04. The molecular weight excluding hydrogens is 266 g/mol. The van der Waals surface area contributed by atoms with Crippen molar-refractivity contribution < 1.29 is 18.4 Å². The van der Waals surface area contributed by atoms with E-state index in [0.29, 0.717) is 10.6 Å². The summed E-state index contributed by atoms with van der Waals surface area (Å²) in [6.45, 7) is 0. The van der Waals surface area contributed by atoms with Gasteiger partial charge in [-0.3, -0.25) is 0 Å². The number of aliphatic hydroxyl groups is 1. The Balaban J connectivity index is 2.18. The minimum atomic E-state index is -2.85. The van der Waals surface area contributed by atoms with Crippen molar-refractivity contribution in [2.45, 2.75) is 19.0 Å². The Bertz CT molecular complexity index is 533. The van der Waals surface area contributed by atoms with E-state index in [1.807, 2.05) is 0 Å². The van der Waals surface area contributed by atoms with Gasteiger partial charge in [0.05, 0.1) is 11.4 Å². The monoisotopic (exact) mass is 274 g/mol. The van der Waals surface area contributed by atoms with Crippen LogP contribution in [-0.4, -0.2) is 27.8 Å². The molecule has 0 aliphatic rings. The number of halogens is 3. The summed E-state index contributed by atoms with van der Waals surface area (Å²) in [6.07, 6.45) is -5.06. The Hall–Kier alpha value is -1.53. The molecule has 0 radical (unpaired) electrons. The predicted octanol–water partition coefficient (Wildman–Crippen LogP) is 2.56. The molecule has 2 aromatic rings. The molecule has 96 valence electrons. The second kappa shape index (κ2) is 5.41. The molecule has 0 aliphatic carbocycles. The van der Waals surface area contributed by atoms with Crippen LogP contribution in [0, 0.1) is 0 Å². The quantitative estimate of drug-likeness (QED) is 0.931. The third-order valence-corrected chi connectivity index (χ3v) is 2.59. The number of hydrogen-bond donors (Lipinski definition) is 1. The lowest BCUT2D eigenvalue weighted by Crippen LogP contribution is -2.20. The van der Waals surface area contributed by atoms with Crippen LogP contribution in [0.4, 0.5) is 8.78 Å². The van der Waals surface area contributed by atoms with Gasteiger partial charge in [-0.15, -0.1) is 0 Å². The van der Waals surface area contributed by atoms with Gasteiger partial charge in [0.2, 0.25) is 11.7 Å². The first-order chi connectivity index (χ1) is 8.58. The first-order valence-corrected chi connectivity index (χ1v) is 5.49. The van der Waals surface area contributed by atoms with Gasteiger partial charge in [0, 0.05) is 5.56 Å². The third kappa shape index (κ3) is 2.83. The highest BCUT2D eigenvalue weighted by Gasteiger charge is 2.21. The highest BCUT2D eigenvalue weighted by molar-refractivity contribution is 6.33. The smallest absolute Gasteiger partial charge is 0.264 e. The van der Waals surface area contributed by atoms with Crippen molar-refractivity contribution in [1.82, 2.24) is 10.1 Å². The number of nitrogens with zero attached hydrogens (tertiary/aromatic N) is 2. The van der Waals surface area contributed by atoms with E-state index in [1.54, 1.807) is 24.3 Å². The maximum Gasteiger partial charge on any atom is 0.264 e. The second-order valence-electron chi connectivity index (χ2n) is 3.60. The van der Waals surface area contributed by atoms with Gasteiger partial charge in [0.1, 0.15) is 6.10 Å². The summed E-state index contributed by atoms with van der Waals surface area (Å²) in [4.78, 5) is 3.91. The van der Waals surface area contributed by atoms with Crippen LogP contribution < -0.4 is 0 Å². The van der Waals surface area contributed by atoms with E-state index in [0.717, 1.165) is 0 Å². The SMILES string of the molecule is OC(Cc1nc(-c2ccccc2Cl)no1)C(F)F. The van der Waals surface area contributed by atoms with Crippen LogP contribution in [0.5, 0.6) is 0 Å². The molecule has 1 aromatic heterocycles. The molecule has 0 amide bonds. The van der Waals surface area contributed by atoms with Crippen molar-refractivity contribution in [3.63, 3.8) is 0 Å². The van der Waals surface area contributed by atoms with Crippen molar-refractivity contribution in [2.75, 3.05) is 0 Å². The normalized spacial score (nSPS) is 12.9. The Labute approximate surface area is 106 Å². The van der Waals surface area contributed by atoms with Crippen LogP contribution in [0.3, 0.4) is 0 Å². The molecule has 1 atom stereocenters. The van der Waals surface area contributed by atoms with Gasteiger partial charge in [-0.2, -0.15) is 4.98 Å². The molecule has 0 saturated carbocycles. The highest BCUT2D eigenvalue weighted by Crippen LogP contribution is 2.25. The van der Waals surface area contributed by atoms with E-state index in [4.69, 9.17) is 21.2 Å². The minimum Gasteiger partial charge on any atom is -0.387 e. The van der Waals surface area contributed by atoms with Crippen LogP contribution in [-0.2, 0) is 6.42 Å². The van der Waals surface area contributed by atoms with Gasteiger partial charge in [0.25, 0.3) is 6.43 Å². The summed E-state index contributed by atoms with van der Waals surface area (Å²) in [5.74, 6) is 0.148. The predicted molar refractivity (Wildman–Crippen MR) is 60.5 cm³/mol. The molecule has 1 heterocycles. The Morgan fingerprint density at radius 1 is 1.33 bits per heavy atom. The average Bonchev–Trinajstić information content (AvgIpc) is 2.77. The van der Waals surface area contributed by atoms with E-state index in [9.17, 15) is 8.78 Å². The molecule has 7 heteroatoms. The van der Waals surface area contributed by atoms with Crippen molar-refractivity contribution in [1.29, 1.82) is 0 Å². The molecule has 1 unspecified atom stereocenters. The Morgan fingerprint density at radius 3 is 2.72 bits per heavy atom. The fourth-order valence-corrected chi connectivity index (χ4v) is 1.58. The van der Waals surface area contributed by atoms with E-state index < -0.39 is 19.0 Å². The minimum absolute atomic E-state index is 0.0577. The van der Waals surface area contributed by atoms with E-state index in [2.05, 4.69) is 10.1 Å². The second-order valence-corrected chi connectivity index (χ2v) is 4.00. The topological polar surface area (TPSA) is 59.2 Å². The molecule has 4 nitrogen and oxygen atoms in total. The molecule has 18 heavy (non-hydrogen) atoms. The number of benzene rings is 1. The van der Waals surface area contributed by atoms with E-state index >= 15 is 0 Å². The van der Waals surface area contributed by atoms with Crippen molar-refractivity contribution >= 4 is 11.6 Å². The number of aromatic nitrogens is 2. The zero-order valence-electron chi connectivity index (χ0n) is 9.05. The highest BCUT2D eigenvalue weighted by atomic mass is 35.5. The number of alkyl halides is 2. The van der Waals surface area contributed by atoms with Crippen LogP contribution in [0.25, 0.3) is 11.4 Å². The van der Waals surface area contributed by atoms with E-state index in [1.165, 1.54) is 0 Å². The molecule has 0 aliphatic heterocycles. The molecular formula is C11H9ClF2N2O2. The standard InChI is InChI=1S/C11H9ClF2N2O2/c12-7-4-2-1-3-6(7)11-15-9(18-16-11)5-8(17)10(13)14/h1-4,8,10,17H,5H2. The van der Waals surface area contributed by atoms with Crippen LogP contribution in [0.2, 0.25) is 5.02 Å². The summed E-state index contributed by atoms with van der Waals surface area (Å²) in [6, 6.07) is 6.82. The number of hydrogen-bond acceptors (Lipinski definition) is 4.